The van der Waals surface area contributed by atoms with Crippen molar-refractivity contribution >= 4 is 0 Å². The zero-order chi connectivity index (χ0) is 9.78. The van der Waals surface area contributed by atoms with Crippen LogP contribution in [0.3, 0.4) is 0 Å². The molecule has 0 bridgehead atoms. The first-order chi connectivity index (χ1) is 5.38. The van der Waals surface area contributed by atoms with Crippen molar-refractivity contribution in [3.63, 3.8) is 0 Å². The maximum atomic E-state index is 12.0. The van der Waals surface area contributed by atoms with Crippen molar-refractivity contribution in [1.82, 2.24) is 5.32 Å². The van der Waals surface area contributed by atoms with Crippen molar-refractivity contribution in [3.05, 3.63) is 0 Å². The minimum atomic E-state index is -4.23. The van der Waals surface area contributed by atoms with E-state index in [1.807, 2.05) is 0 Å². The Hall–Kier alpha value is -0.290. The van der Waals surface area contributed by atoms with E-state index < -0.39 is 12.2 Å². The van der Waals surface area contributed by atoms with E-state index in [4.69, 9.17) is 4.74 Å². The number of nitrogens with one attached hydrogen (secondary N) is 1. The molecule has 1 unspecified atom stereocenters. The van der Waals surface area contributed by atoms with E-state index in [2.05, 4.69) is 5.32 Å². The molecule has 0 heterocycles. The largest absolute Gasteiger partial charge is 0.406 e. The molecule has 2 nitrogen and oxygen atoms in total. The van der Waals surface area contributed by atoms with Gasteiger partial charge < -0.3 is 10.1 Å². The molecule has 5 heteroatoms. The molecule has 0 saturated carbocycles. The van der Waals surface area contributed by atoms with Gasteiger partial charge in [-0.3, -0.25) is 0 Å². The highest BCUT2D eigenvalue weighted by molar-refractivity contribution is 4.72. The van der Waals surface area contributed by atoms with Gasteiger partial charge in [0.2, 0.25) is 0 Å². The summed E-state index contributed by atoms with van der Waals surface area (Å²) in [5.74, 6) is 0. The van der Waals surface area contributed by atoms with Gasteiger partial charge in [-0.1, -0.05) is 0 Å². The number of likely N-dealkylation sites (N-methyl/N-ethyl adjacent to an activating group) is 1. The molecule has 0 fully saturated rings. The summed E-state index contributed by atoms with van der Waals surface area (Å²) in [5.41, 5.74) is 0. The quantitative estimate of drug-likeness (QED) is 0.717. The summed E-state index contributed by atoms with van der Waals surface area (Å²) in [6, 6.07) is -1.57. The molecule has 0 aliphatic heterocycles. The fourth-order valence-electron chi connectivity index (χ4n) is 0.630. The predicted molar refractivity (Wildman–Crippen MR) is 40.0 cm³/mol. The first kappa shape index (κ1) is 11.7. The second kappa shape index (κ2) is 4.67. The molecule has 0 aromatic rings. The van der Waals surface area contributed by atoms with Crippen molar-refractivity contribution < 1.29 is 17.9 Å². The molecule has 0 aliphatic rings. The molecule has 0 aromatic heterocycles. The molecular formula is C7H14F3NO. The fraction of sp³-hybridized carbons (Fsp3) is 1.00. The third-order valence-corrected chi connectivity index (χ3v) is 1.34. The van der Waals surface area contributed by atoms with Gasteiger partial charge >= 0.3 is 6.18 Å². The Morgan fingerprint density at radius 1 is 1.33 bits per heavy atom. The van der Waals surface area contributed by atoms with E-state index in [-0.39, 0.29) is 12.7 Å². The van der Waals surface area contributed by atoms with Crippen LogP contribution in [0.4, 0.5) is 13.2 Å². The zero-order valence-electron chi connectivity index (χ0n) is 7.40. The average molecular weight is 185 g/mol. The van der Waals surface area contributed by atoms with E-state index in [0.717, 1.165) is 0 Å². The summed E-state index contributed by atoms with van der Waals surface area (Å²) < 4.78 is 40.9. The summed E-state index contributed by atoms with van der Waals surface area (Å²) in [4.78, 5) is 0. The molecular weight excluding hydrogens is 171 g/mol. The summed E-state index contributed by atoms with van der Waals surface area (Å²) in [6.07, 6.45) is -4.41. The number of rotatable bonds is 4. The van der Waals surface area contributed by atoms with Gasteiger partial charge in [-0.05, 0) is 20.9 Å². The number of alkyl halides is 3. The van der Waals surface area contributed by atoms with Gasteiger partial charge in [0, 0.05) is 0 Å². The maximum absolute atomic E-state index is 12.0. The van der Waals surface area contributed by atoms with Gasteiger partial charge in [0.15, 0.2) is 0 Å². The molecule has 1 atom stereocenters. The molecule has 0 aliphatic carbocycles. The standard InChI is InChI=1S/C7H14F3NO/c1-5(2)12-4-6(11-3)7(8,9)10/h5-6,11H,4H2,1-3H3. The summed E-state index contributed by atoms with van der Waals surface area (Å²) in [5, 5.41) is 2.15. The van der Waals surface area contributed by atoms with Crippen LogP contribution in [0.25, 0.3) is 0 Å². The van der Waals surface area contributed by atoms with Crippen molar-refractivity contribution in [2.24, 2.45) is 0 Å². The second-order valence-corrected chi connectivity index (χ2v) is 2.76. The van der Waals surface area contributed by atoms with Gasteiger partial charge in [0.25, 0.3) is 0 Å². The Morgan fingerprint density at radius 3 is 2.08 bits per heavy atom. The third-order valence-electron chi connectivity index (χ3n) is 1.34. The summed E-state index contributed by atoms with van der Waals surface area (Å²) in [7, 11) is 1.27. The number of hydrogen-bond donors (Lipinski definition) is 1. The number of ether oxygens (including phenoxy) is 1. The molecule has 0 rings (SSSR count). The van der Waals surface area contributed by atoms with Crippen LogP contribution in [0.2, 0.25) is 0 Å². The van der Waals surface area contributed by atoms with Crippen LogP contribution >= 0.6 is 0 Å². The van der Waals surface area contributed by atoms with Gasteiger partial charge in [0.1, 0.15) is 6.04 Å². The Bertz CT molecular complexity index is 124. The lowest BCUT2D eigenvalue weighted by molar-refractivity contribution is -0.169. The maximum Gasteiger partial charge on any atom is 0.406 e. The van der Waals surface area contributed by atoms with Gasteiger partial charge in [-0.25, -0.2) is 0 Å². The normalized spacial score (nSPS) is 15.2. The van der Waals surface area contributed by atoms with Crippen molar-refractivity contribution in [2.75, 3.05) is 13.7 Å². The van der Waals surface area contributed by atoms with Crippen LogP contribution in [-0.2, 0) is 4.74 Å². The van der Waals surface area contributed by atoms with Gasteiger partial charge in [0.05, 0.1) is 12.7 Å². The fourth-order valence-corrected chi connectivity index (χ4v) is 0.630. The monoisotopic (exact) mass is 185 g/mol. The molecule has 0 saturated heterocycles. The molecule has 0 spiro atoms. The minimum absolute atomic E-state index is 0.178. The van der Waals surface area contributed by atoms with Gasteiger partial charge in [-0.2, -0.15) is 13.2 Å². The lowest BCUT2D eigenvalue weighted by Crippen LogP contribution is -2.44. The minimum Gasteiger partial charge on any atom is -0.377 e. The van der Waals surface area contributed by atoms with Crippen LogP contribution in [0.5, 0.6) is 0 Å². The highest BCUT2D eigenvalue weighted by Crippen LogP contribution is 2.20. The Morgan fingerprint density at radius 2 is 1.83 bits per heavy atom. The molecule has 1 N–H and O–H groups in total. The van der Waals surface area contributed by atoms with E-state index in [1.165, 1.54) is 7.05 Å². The third kappa shape index (κ3) is 4.56. The van der Waals surface area contributed by atoms with Gasteiger partial charge in [-0.15, -0.1) is 0 Å². The van der Waals surface area contributed by atoms with E-state index >= 15 is 0 Å². The van der Waals surface area contributed by atoms with Crippen molar-refractivity contribution in [2.45, 2.75) is 32.2 Å². The number of halogens is 3. The lowest BCUT2D eigenvalue weighted by atomic mass is 10.3. The Labute approximate surface area is 70.1 Å². The average Bonchev–Trinajstić information content (AvgIpc) is 1.85. The van der Waals surface area contributed by atoms with Crippen LogP contribution in [-0.4, -0.2) is 32.0 Å². The van der Waals surface area contributed by atoms with E-state index in [1.54, 1.807) is 13.8 Å². The molecule has 74 valence electrons. The van der Waals surface area contributed by atoms with Crippen LogP contribution in [0, 0.1) is 0 Å². The Balaban J connectivity index is 3.84. The predicted octanol–water partition coefficient (Wildman–Crippen LogP) is 1.56. The van der Waals surface area contributed by atoms with E-state index in [0.29, 0.717) is 0 Å². The van der Waals surface area contributed by atoms with Crippen molar-refractivity contribution in [3.8, 4) is 0 Å². The van der Waals surface area contributed by atoms with E-state index in [9.17, 15) is 13.2 Å². The topological polar surface area (TPSA) is 21.3 Å². The van der Waals surface area contributed by atoms with Crippen LogP contribution in [0.1, 0.15) is 13.8 Å². The lowest BCUT2D eigenvalue weighted by Gasteiger charge is -2.20. The highest BCUT2D eigenvalue weighted by atomic mass is 19.4. The second-order valence-electron chi connectivity index (χ2n) is 2.76. The van der Waals surface area contributed by atoms with Crippen LogP contribution < -0.4 is 5.32 Å². The number of hydrogen-bond acceptors (Lipinski definition) is 2. The first-order valence-corrected chi connectivity index (χ1v) is 3.73. The molecule has 0 aromatic carbocycles. The smallest absolute Gasteiger partial charge is 0.377 e. The molecule has 12 heavy (non-hydrogen) atoms. The molecule has 0 amide bonds. The van der Waals surface area contributed by atoms with Crippen molar-refractivity contribution in [1.29, 1.82) is 0 Å². The van der Waals surface area contributed by atoms with Crippen LogP contribution in [0.15, 0.2) is 0 Å². The summed E-state index contributed by atoms with van der Waals surface area (Å²) in [6.45, 7) is 3.06. The zero-order valence-corrected chi connectivity index (χ0v) is 7.40. The molecule has 0 radical (unpaired) electrons. The Kier molecular flexibility index (Phi) is 4.55. The SMILES string of the molecule is CNC(COC(C)C)C(F)(F)F. The highest BCUT2D eigenvalue weighted by Gasteiger charge is 2.38. The first-order valence-electron chi connectivity index (χ1n) is 3.73. The summed E-state index contributed by atoms with van der Waals surface area (Å²) >= 11 is 0.